The minimum absolute atomic E-state index is 0.126. The number of rotatable bonds is 7. The molecule has 1 saturated carbocycles. The summed E-state index contributed by atoms with van der Waals surface area (Å²) in [5.41, 5.74) is 1.99. The fraction of sp³-hybridized carbons (Fsp3) is 0.353. The number of aromatic nitrogens is 4. The van der Waals surface area contributed by atoms with Gasteiger partial charge in [0.15, 0.2) is 15.6 Å². The van der Waals surface area contributed by atoms with Crippen LogP contribution in [0.1, 0.15) is 41.5 Å². The van der Waals surface area contributed by atoms with E-state index >= 15 is 0 Å². The lowest BCUT2D eigenvalue weighted by atomic mass is 10.2. The van der Waals surface area contributed by atoms with E-state index in [9.17, 15) is 8.42 Å². The van der Waals surface area contributed by atoms with Gasteiger partial charge in [0.1, 0.15) is 12.3 Å². The van der Waals surface area contributed by atoms with Crippen LogP contribution in [0.15, 0.2) is 45.9 Å². The number of nitrogens with zero attached hydrogens (tertiary/aromatic N) is 4. The lowest BCUT2D eigenvalue weighted by Crippen LogP contribution is -2.05. The highest BCUT2D eigenvalue weighted by Gasteiger charge is 2.27. The summed E-state index contributed by atoms with van der Waals surface area (Å²) >= 11 is 0. The van der Waals surface area contributed by atoms with Crippen LogP contribution in [0, 0.1) is 0 Å². The summed E-state index contributed by atoms with van der Waals surface area (Å²) in [6.45, 7) is 0.233. The molecule has 1 aliphatic rings. The Balaban J connectivity index is 1.44. The van der Waals surface area contributed by atoms with Crippen molar-refractivity contribution >= 4 is 9.84 Å². The maximum Gasteiger partial charge on any atom is 0.184 e. The smallest absolute Gasteiger partial charge is 0.184 e. The second kappa shape index (κ2) is 6.65. The molecule has 0 bridgehead atoms. The van der Waals surface area contributed by atoms with Crippen molar-refractivity contribution in [2.45, 2.75) is 42.6 Å². The van der Waals surface area contributed by atoms with Crippen LogP contribution in [0.5, 0.6) is 0 Å². The second-order valence-electron chi connectivity index (χ2n) is 6.46. The van der Waals surface area contributed by atoms with Gasteiger partial charge in [0.25, 0.3) is 0 Å². The van der Waals surface area contributed by atoms with E-state index in [2.05, 4.69) is 15.5 Å². The highest BCUT2D eigenvalue weighted by molar-refractivity contribution is 7.90. The van der Waals surface area contributed by atoms with Crippen molar-refractivity contribution in [2.24, 2.45) is 0 Å². The van der Waals surface area contributed by atoms with E-state index in [-0.39, 0.29) is 17.3 Å². The van der Waals surface area contributed by atoms with Gasteiger partial charge in [-0.3, -0.25) is 0 Å². The Kier molecular flexibility index (Phi) is 4.33. The van der Waals surface area contributed by atoms with E-state index in [1.165, 1.54) is 16.8 Å². The fourth-order valence-corrected chi connectivity index (χ4v) is 3.94. The molecule has 0 aliphatic heterocycles. The molecule has 0 unspecified atom stereocenters. The van der Waals surface area contributed by atoms with Gasteiger partial charge in [-0.05, 0) is 30.5 Å². The van der Waals surface area contributed by atoms with Gasteiger partial charge >= 0.3 is 0 Å². The molecule has 9 heteroatoms. The van der Waals surface area contributed by atoms with Crippen molar-refractivity contribution in [1.29, 1.82) is 0 Å². The standard InChI is InChI=1S/C17H18N4O4S/c22-10-12-1-5-16(6-2-12)26(23,24)11-14-8-21(20-18-14)9-15-7-17(19-25-15)13-3-4-13/h1-2,5-8,13,22H,3-4,9-11H2. The topological polar surface area (TPSA) is 111 Å². The molecule has 0 atom stereocenters. The Labute approximate surface area is 150 Å². The molecule has 0 radical (unpaired) electrons. The predicted molar refractivity (Wildman–Crippen MR) is 90.9 cm³/mol. The normalized spacial score (nSPS) is 14.7. The lowest BCUT2D eigenvalue weighted by molar-refractivity contribution is 0.282. The highest BCUT2D eigenvalue weighted by atomic mass is 32.2. The SMILES string of the molecule is O=S(=O)(Cc1cn(Cc2cc(C3CC3)no2)nn1)c1ccc(CO)cc1. The van der Waals surface area contributed by atoms with Gasteiger partial charge in [-0.15, -0.1) is 5.10 Å². The van der Waals surface area contributed by atoms with E-state index in [0.717, 1.165) is 18.5 Å². The summed E-state index contributed by atoms with van der Waals surface area (Å²) in [6, 6.07) is 8.06. The third kappa shape index (κ3) is 3.68. The summed E-state index contributed by atoms with van der Waals surface area (Å²) in [7, 11) is -3.53. The van der Waals surface area contributed by atoms with Gasteiger partial charge < -0.3 is 9.63 Å². The molecule has 2 aromatic heterocycles. The molecule has 26 heavy (non-hydrogen) atoms. The number of aliphatic hydroxyl groups excluding tert-OH is 1. The molecule has 1 aromatic carbocycles. The van der Waals surface area contributed by atoms with Crippen molar-refractivity contribution in [2.75, 3.05) is 0 Å². The van der Waals surface area contributed by atoms with Crippen molar-refractivity contribution in [3.8, 4) is 0 Å². The van der Waals surface area contributed by atoms with E-state index in [1.54, 1.807) is 18.3 Å². The van der Waals surface area contributed by atoms with Gasteiger partial charge in [-0.2, -0.15) is 0 Å². The molecule has 8 nitrogen and oxygen atoms in total. The van der Waals surface area contributed by atoms with Crippen LogP contribution in [0.4, 0.5) is 0 Å². The maximum absolute atomic E-state index is 12.5. The van der Waals surface area contributed by atoms with E-state index in [0.29, 0.717) is 29.5 Å². The zero-order valence-corrected chi connectivity index (χ0v) is 14.8. The van der Waals surface area contributed by atoms with Gasteiger partial charge in [-0.25, -0.2) is 13.1 Å². The summed E-state index contributed by atoms with van der Waals surface area (Å²) in [5, 5.41) is 21.0. The Hall–Kier alpha value is -2.52. The largest absolute Gasteiger partial charge is 0.392 e. The van der Waals surface area contributed by atoms with Crippen LogP contribution < -0.4 is 0 Å². The summed E-state index contributed by atoms with van der Waals surface area (Å²) < 4.78 is 31.8. The van der Waals surface area contributed by atoms with E-state index < -0.39 is 9.84 Å². The number of benzene rings is 1. The van der Waals surface area contributed by atoms with Crippen LogP contribution in [0.3, 0.4) is 0 Å². The summed E-state index contributed by atoms with van der Waals surface area (Å²) in [4.78, 5) is 0.188. The molecule has 0 spiro atoms. The highest BCUT2D eigenvalue weighted by Crippen LogP contribution is 2.39. The summed E-state index contributed by atoms with van der Waals surface area (Å²) in [6.07, 6.45) is 3.89. The van der Waals surface area contributed by atoms with Crippen molar-refractivity contribution in [3.63, 3.8) is 0 Å². The minimum Gasteiger partial charge on any atom is -0.392 e. The molecule has 3 aromatic rings. The van der Waals surface area contributed by atoms with Crippen molar-refractivity contribution in [3.05, 3.63) is 59.2 Å². The number of hydrogen-bond acceptors (Lipinski definition) is 7. The molecule has 2 heterocycles. The zero-order chi connectivity index (χ0) is 18.1. The fourth-order valence-electron chi connectivity index (χ4n) is 2.70. The van der Waals surface area contributed by atoms with Crippen LogP contribution in [-0.2, 0) is 28.7 Å². The second-order valence-corrected chi connectivity index (χ2v) is 8.45. The average Bonchev–Trinajstić information content (AvgIpc) is 3.24. The number of aliphatic hydroxyl groups is 1. The molecule has 1 aliphatic carbocycles. The molecule has 4 rings (SSSR count). The average molecular weight is 374 g/mol. The molecule has 1 N–H and O–H groups in total. The maximum atomic E-state index is 12.5. The minimum atomic E-state index is -3.53. The zero-order valence-electron chi connectivity index (χ0n) is 13.9. The Morgan fingerprint density at radius 1 is 1.23 bits per heavy atom. The van der Waals surface area contributed by atoms with E-state index in [1.807, 2.05) is 6.07 Å². The molecular formula is C17H18N4O4S. The van der Waals surface area contributed by atoms with Gasteiger partial charge in [0, 0.05) is 12.0 Å². The van der Waals surface area contributed by atoms with Crippen LogP contribution >= 0.6 is 0 Å². The van der Waals surface area contributed by atoms with Crippen molar-refractivity contribution in [1.82, 2.24) is 20.2 Å². The molecule has 0 saturated heterocycles. The molecule has 136 valence electrons. The third-order valence-corrected chi connectivity index (χ3v) is 5.95. The van der Waals surface area contributed by atoms with Crippen LogP contribution in [-0.4, -0.2) is 33.7 Å². The first-order chi connectivity index (χ1) is 12.5. The first-order valence-electron chi connectivity index (χ1n) is 8.30. The van der Waals surface area contributed by atoms with Gasteiger partial charge in [0.05, 0.1) is 29.1 Å². The molecule has 0 amide bonds. The Bertz CT molecular complexity index is 1000. The summed E-state index contributed by atoms with van der Waals surface area (Å²) in [5.74, 6) is 0.946. The molecular weight excluding hydrogens is 356 g/mol. The van der Waals surface area contributed by atoms with Gasteiger partial charge in [-0.1, -0.05) is 22.5 Å². The van der Waals surface area contributed by atoms with Crippen LogP contribution in [0.2, 0.25) is 0 Å². The van der Waals surface area contributed by atoms with Crippen LogP contribution in [0.25, 0.3) is 0 Å². The number of hydrogen-bond donors (Lipinski definition) is 1. The molecule has 1 fully saturated rings. The Morgan fingerprint density at radius 2 is 2.00 bits per heavy atom. The number of sulfone groups is 1. The first kappa shape index (κ1) is 16.9. The van der Waals surface area contributed by atoms with E-state index in [4.69, 9.17) is 9.63 Å². The monoisotopic (exact) mass is 374 g/mol. The van der Waals surface area contributed by atoms with Gasteiger partial charge in [0.2, 0.25) is 0 Å². The predicted octanol–water partition coefficient (Wildman–Crippen LogP) is 1.66. The quantitative estimate of drug-likeness (QED) is 0.669. The van der Waals surface area contributed by atoms with Crippen molar-refractivity contribution < 1.29 is 18.0 Å². The lowest BCUT2D eigenvalue weighted by Gasteiger charge is -2.03. The first-order valence-corrected chi connectivity index (χ1v) is 9.96. The third-order valence-electron chi connectivity index (χ3n) is 4.28. The Morgan fingerprint density at radius 3 is 2.69 bits per heavy atom.